The molecule has 4 nitrogen and oxygen atoms in total. The smallest absolute Gasteiger partial charge is 0.308 e. The summed E-state index contributed by atoms with van der Waals surface area (Å²) in [5.74, 6) is -1.51. The number of carboxylic acids is 1. The minimum atomic E-state index is -0.882. The molecule has 0 aliphatic heterocycles. The van der Waals surface area contributed by atoms with Gasteiger partial charge in [-0.3, -0.25) is 9.59 Å². The monoisotopic (exact) mass is 211 g/mol. The summed E-state index contributed by atoms with van der Waals surface area (Å²) < 4.78 is 0. The van der Waals surface area contributed by atoms with Crippen LogP contribution in [0, 0.1) is 5.92 Å². The predicted octanol–water partition coefficient (Wildman–Crippen LogP) is 1.32. The lowest BCUT2D eigenvalue weighted by molar-refractivity contribution is -0.141. The predicted molar refractivity (Wildman–Crippen MR) is 56.4 cm³/mol. The molecule has 1 amide bonds. The van der Waals surface area contributed by atoms with Crippen LogP contribution in [0.15, 0.2) is 11.1 Å². The highest BCUT2D eigenvalue weighted by molar-refractivity contribution is 5.94. The summed E-state index contributed by atoms with van der Waals surface area (Å²) in [6.07, 6.45) is 2.83. The molecule has 0 radical (unpaired) electrons. The van der Waals surface area contributed by atoms with Gasteiger partial charge < -0.3 is 10.4 Å². The first kappa shape index (κ1) is 11.8. The van der Waals surface area contributed by atoms with Gasteiger partial charge in [-0.15, -0.1) is 0 Å². The molecule has 0 heterocycles. The van der Waals surface area contributed by atoms with Gasteiger partial charge in [0.1, 0.15) is 0 Å². The second kappa shape index (κ2) is 4.96. The van der Waals surface area contributed by atoms with Gasteiger partial charge in [-0.05, 0) is 26.2 Å². The van der Waals surface area contributed by atoms with Crippen LogP contribution in [0.2, 0.25) is 0 Å². The molecule has 2 N–H and O–H groups in total. The van der Waals surface area contributed by atoms with E-state index >= 15 is 0 Å². The molecular weight excluding hydrogens is 194 g/mol. The third kappa shape index (κ3) is 3.08. The molecular formula is C11H17NO3. The number of hydrogen-bond donors (Lipinski definition) is 2. The lowest BCUT2D eigenvalue weighted by Gasteiger charge is -2.09. The average molecular weight is 211 g/mol. The Morgan fingerprint density at radius 3 is 2.60 bits per heavy atom. The maximum absolute atomic E-state index is 11.6. The first-order chi connectivity index (χ1) is 7.02. The zero-order chi connectivity index (χ0) is 11.4. The van der Waals surface area contributed by atoms with Crippen molar-refractivity contribution in [3.8, 4) is 0 Å². The molecule has 0 aromatic carbocycles. The fourth-order valence-corrected chi connectivity index (χ4v) is 1.64. The Bertz CT molecular complexity index is 307. The van der Waals surface area contributed by atoms with Gasteiger partial charge in [-0.1, -0.05) is 12.5 Å². The summed E-state index contributed by atoms with van der Waals surface area (Å²) in [7, 11) is 0. The van der Waals surface area contributed by atoms with Crippen molar-refractivity contribution >= 4 is 11.9 Å². The minimum absolute atomic E-state index is 0.0990. The minimum Gasteiger partial charge on any atom is -0.481 e. The Hall–Kier alpha value is -1.32. The second-order valence-corrected chi connectivity index (χ2v) is 4.06. The molecule has 1 aliphatic rings. The maximum atomic E-state index is 11.6. The van der Waals surface area contributed by atoms with E-state index in [0.29, 0.717) is 0 Å². The number of carbonyl (C=O) groups excluding carboxylic acids is 1. The van der Waals surface area contributed by atoms with Crippen LogP contribution in [-0.4, -0.2) is 23.5 Å². The largest absolute Gasteiger partial charge is 0.481 e. The molecule has 84 valence electrons. The third-order valence-corrected chi connectivity index (χ3v) is 2.76. The van der Waals surface area contributed by atoms with Crippen molar-refractivity contribution in [3.63, 3.8) is 0 Å². The molecule has 0 aromatic rings. The van der Waals surface area contributed by atoms with E-state index in [0.717, 1.165) is 30.4 Å². The van der Waals surface area contributed by atoms with Gasteiger partial charge in [0.05, 0.1) is 5.92 Å². The summed E-state index contributed by atoms with van der Waals surface area (Å²) in [5, 5.41) is 11.3. The van der Waals surface area contributed by atoms with E-state index in [1.165, 1.54) is 0 Å². The topological polar surface area (TPSA) is 66.4 Å². The number of nitrogens with one attached hydrogen (secondary N) is 1. The summed E-state index contributed by atoms with van der Waals surface area (Å²) in [5.41, 5.74) is 1.98. The van der Waals surface area contributed by atoms with Gasteiger partial charge in [0.2, 0.25) is 5.91 Å². The van der Waals surface area contributed by atoms with Crippen LogP contribution >= 0.6 is 0 Å². The first-order valence-corrected chi connectivity index (χ1v) is 5.22. The van der Waals surface area contributed by atoms with Crippen molar-refractivity contribution in [3.05, 3.63) is 11.1 Å². The van der Waals surface area contributed by atoms with Crippen LogP contribution in [0.5, 0.6) is 0 Å². The highest BCUT2D eigenvalue weighted by Gasteiger charge is 2.19. The van der Waals surface area contributed by atoms with E-state index in [4.69, 9.17) is 5.11 Å². The summed E-state index contributed by atoms with van der Waals surface area (Å²) >= 11 is 0. The van der Waals surface area contributed by atoms with Crippen LogP contribution in [0.1, 0.15) is 33.1 Å². The first-order valence-electron chi connectivity index (χ1n) is 5.22. The zero-order valence-electron chi connectivity index (χ0n) is 9.17. The van der Waals surface area contributed by atoms with Crippen LogP contribution in [0.3, 0.4) is 0 Å². The van der Waals surface area contributed by atoms with Crippen molar-refractivity contribution in [1.82, 2.24) is 5.32 Å². The number of carbonyl (C=O) groups is 2. The van der Waals surface area contributed by atoms with Crippen molar-refractivity contribution in [2.45, 2.75) is 33.1 Å². The number of carboxylic acid groups (broad SMARTS) is 1. The van der Waals surface area contributed by atoms with Crippen molar-refractivity contribution in [2.24, 2.45) is 5.92 Å². The van der Waals surface area contributed by atoms with Crippen LogP contribution in [0.4, 0.5) is 0 Å². The molecule has 15 heavy (non-hydrogen) atoms. The Labute approximate surface area is 89.4 Å². The molecule has 0 aromatic heterocycles. The van der Waals surface area contributed by atoms with E-state index in [-0.39, 0.29) is 12.5 Å². The SMILES string of the molecule is CC1=C(C(=O)NCC(C)C(=O)O)CCC1. The molecule has 1 aliphatic carbocycles. The van der Waals surface area contributed by atoms with E-state index in [2.05, 4.69) is 5.32 Å². The standard InChI is InChI=1S/C11H17NO3/c1-7-4-3-5-9(7)10(13)12-6-8(2)11(14)15/h8H,3-6H2,1-2H3,(H,12,13)(H,14,15). The molecule has 0 spiro atoms. The number of amides is 1. The Morgan fingerprint density at radius 1 is 1.47 bits per heavy atom. The highest BCUT2D eigenvalue weighted by atomic mass is 16.4. The summed E-state index contributed by atoms with van der Waals surface area (Å²) in [6.45, 7) is 3.74. The third-order valence-electron chi connectivity index (χ3n) is 2.76. The number of allylic oxidation sites excluding steroid dienone is 1. The molecule has 1 unspecified atom stereocenters. The highest BCUT2D eigenvalue weighted by Crippen LogP contribution is 2.25. The molecule has 0 saturated carbocycles. The van der Waals surface area contributed by atoms with Crippen LogP contribution < -0.4 is 5.32 Å². The van der Waals surface area contributed by atoms with Gasteiger partial charge in [-0.2, -0.15) is 0 Å². The van der Waals surface area contributed by atoms with Crippen molar-refractivity contribution < 1.29 is 14.7 Å². The molecule has 4 heteroatoms. The summed E-state index contributed by atoms with van der Waals surface area (Å²) in [4.78, 5) is 22.2. The van der Waals surface area contributed by atoms with Crippen molar-refractivity contribution in [2.75, 3.05) is 6.54 Å². The van der Waals surface area contributed by atoms with Crippen molar-refractivity contribution in [1.29, 1.82) is 0 Å². The second-order valence-electron chi connectivity index (χ2n) is 4.06. The van der Waals surface area contributed by atoms with Gasteiger partial charge in [-0.25, -0.2) is 0 Å². The Morgan fingerprint density at radius 2 is 2.13 bits per heavy atom. The normalized spacial score (nSPS) is 17.7. The fourth-order valence-electron chi connectivity index (χ4n) is 1.64. The quantitative estimate of drug-likeness (QED) is 0.737. The molecule has 0 fully saturated rings. The number of hydrogen-bond acceptors (Lipinski definition) is 2. The lowest BCUT2D eigenvalue weighted by Crippen LogP contribution is -2.32. The van der Waals surface area contributed by atoms with Gasteiger partial charge >= 0.3 is 5.97 Å². The van der Waals surface area contributed by atoms with Gasteiger partial charge in [0.15, 0.2) is 0 Å². The lowest BCUT2D eigenvalue weighted by atomic mass is 10.1. The van der Waals surface area contributed by atoms with Crippen LogP contribution in [-0.2, 0) is 9.59 Å². The van der Waals surface area contributed by atoms with Crippen LogP contribution in [0.25, 0.3) is 0 Å². The number of rotatable bonds is 4. The molecule has 0 saturated heterocycles. The Balaban J connectivity index is 2.43. The maximum Gasteiger partial charge on any atom is 0.308 e. The molecule has 1 rings (SSSR count). The van der Waals surface area contributed by atoms with E-state index in [1.807, 2.05) is 6.92 Å². The molecule has 1 atom stereocenters. The summed E-state index contributed by atoms with van der Waals surface area (Å²) in [6, 6.07) is 0. The number of aliphatic carboxylic acids is 1. The Kier molecular flexibility index (Phi) is 3.88. The average Bonchev–Trinajstić information content (AvgIpc) is 2.60. The van der Waals surface area contributed by atoms with E-state index in [9.17, 15) is 9.59 Å². The van der Waals surface area contributed by atoms with E-state index < -0.39 is 11.9 Å². The van der Waals surface area contributed by atoms with E-state index in [1.54, 1.807) is 6.92 Å². The fraction of sp³-hybridized carbons (Fsp3) is 0.636. The molecule has 0 bridgehead atoms. The zero-order valence-corrected chi connectivity index (χ0v) is 9.17. The van der Waals surface area contributed by atoms with Gasteiger partial charge in [0.25, 0.3) is 0 Å². The van der Waals surface area contributed by atoms with Gasteiger partial charge in [0, 0.05) is 12.1 Å².